The summed E-state index contributed by atoms with van der Waals surface area (Å²) in [7, 11) is 0. The third-order valence-corrected chi connectivity index (χ3v) is 5.08. The number of ether oxygens (including phenoxy) is 2. The van der Waals surface area contributed by atoms with Crippen LogP contribution in [0.25, 0.3) is 0 Å². The monoisotopic (exact) mass is 339 g/mol. The standard InChI is InChI=1S/C20H25N3O2/c1-15-3-2-4-18(11-15)25-17-5-8-23(9-6-17)20-12-19(21-14-22-20)16-7-10-24-13-16/h2-4,11-12,14,16-17H,5-10,13H2,1H3. The summed E-state index contributed by atoms with van der Waals surface area (Å²) in [5.41, 5.74) is 2.35. The van der Waals surface area contributed by atoms with Gasteiger partial charge in [0.2, 0.25) is 0 Å². The van der Waals surface area contributed by atoms with Crippen molar-refractivity contribution in [1.82, 2.24) is 9.97 Å². The summed E-state index contributed by atoms with van der Waals surface area (Å²) in [5, 5.41) is 0. The molecule has 0 aliphatic carbocycles. The van der Waals surface area contributed by atoms with E-state index in [9.17, 15) is 0 Å². The van der Waals surface area contributed by atoms with Crippen LogP contribution in [0.2, 0.25) is 0 Å². The Hall–Kier alpha value is -2.14. The van der Waals surface area contributed by atoms with Gasteiger partial charge in [-0.2, -0.15) is 0 Å². The van der Waals surface area contributed by atoms with Gasteiger partial charge in [-0.25, -0.2) is 9.97 Å². The third kappa shape index (κ3) is 3.93. The normalized spacial score (nSPS) is 21.5. The molecule has 5 nitrogen and oxygen atoms in total. The molecule has 2 fully saturated rings. The molecule has 1 aromatic heterocycles. The average molecular weight is 339 g/mol. The van der Waals surface area contributed by atoms with Crippen LogP contribution in [-0.4, -0.2) is 42.4 Å². The fourth-order valence-corrected chi connectivity index (χ4v) is 3.61. The van der Waals surface area contributed by atoms with E-state index in [1.54, 1.807) is 6.33 Å². The van der Waals surface area contributed by atoms with Crippen molar-refractivity contribution < 1.29 is 9.47 Å². The SMILES string of the molecule is Cc1cccc(OC2CCN(c3cc(C4CCOC4)ncn3)CC2)c1. The van der Waals surface area contributed by atoms with E-state index < -0.39 is 0 Å². The van der Waals surface area contributed by atoms with Crippen molar-refractivity contribution >= 4 is 5.82 Å². The van der Waals surface area contributed by atoms with Gasteiger partial charge in [-0.3, -0.25) is 0 Å². The zero-order valence-corrected chi connectivity index (χ0v) is 14.7. The Bertz CT molecular complexity index is 708. The summed E-state index contributed by atoms with van der Waals surface area (Å²) in [6.07, 6.45) is 5.06. The smallest absolute Gasteiger partial charge is 0.132 e. The zero-order chi connectivity index (χ0) is 17.1. The molecule has 132 valence electrons. The molecule has 4 rings (SSSR count). The van der Waals surface area contributed by atoms with Gasteiger partial charge in [0.15, 0.2) is 0 Å². The number of benzene rings is 1. The van der Waals surface area contributed by atoms with Gasteiger partial charge in [-0.05, 0) is 31.0 Å². The molecule has 1 unspecified atom stereocenters. The molecule has 2 saturated heterocycles. The van der Waals surface area contributed by atoms with Crippen molar-refractivity contribution in [2.45, 2.75) is 38.2 Å². The lowest BCUT2D eigenvalue weighted by molar-refractivity contribution is 0.170. The number of hydrogen-bond donors (Lipinski definition) is 0. The van der Waals surface area contributed by atoms with Crippen molar-refractivity contribution in [3.8, 4) is 5.75 Å². The summed E-state index contributed by atoms with van der Waals surface area (Å²) in [6, 6.07) is 10.4. The maximum Gasteiger partial charge on any atom is 0.132 e. The first kappa shape index (κ1) is 16.3. The predicted molar refractivity (Wildman–Crippen MR) is 97.3 cm³/mol. The van der Waals surface area contributed by atoms with Crippen LogP contribution in [-0.2, 0) is 4.74 Å². The predicted octanol–water partition coefficient (Wildman–Crippen LogP) is 3.34. The second-order valence-electron chi connectivity index (χ2n) is 6.98. The quantitative estimate of drug-likeness (QED) is 0.855. The van der Waals surface area contributed by atoms with E-state index in [2.05, 4.69) is 46.1 Å². The number of aromatic nitrogens is 2. The van der Waals surface area contributed by atoms with Crippen LogP contribution >= 0.6 is 0 Å². The van der Waals surface area contributed by atoms with Crippen molar-refractivity contribution in [3.05, 3.63) is 47.9 Å². The molecule has 0 N–H and O–H groups in total. The number of hydrogen-bond acceptors (Lipinski definition) is 5. The van der Waals surface area contributed by atoms with Gasteiger partial charge in [0.05, 0.1) is 12.3 Å². The van der Waals surface area contributed by atoms with Crippen molar-refractivity contribution in [3.63, 3.8) is 0 Å². The van der Waals surface area contributed by atoms with Crippen molar-refractivity contribution in [2.24, 2.45) is 0 Å². The van der Waals surface area contributed by atoms with Crippen LogP contribution in [0.1, 0.15) is 36.4 Å². The van der Waals surface area contributed by atoms with Gasteiger partial charge in [-0.1, -0.05) is 12.1 Å². The zero-order valence-electron chi connectivity index (χ0n) is 14.7. The molecule has 0 radical (unpaired) electrons. The first-order valence-electron chi connectivity index (χ1n) is 9.16. The highest BCUT2D eigenvalue weighted by Gasteiger charge is 2.24. The maximum atomic E-state index is 6.15. The van der Waals surface area contributed by atoms with E-state index in [0.29, 0.717) is 5.92 Å². The first-order valence-corrected chi connectivity index (χ1v) is 9.16. The van der Waals surface area contributed by atoms with Crippen LogP contribution in [0, 0.1) is 6.92 Å². The highest BCUT2D eigenvalue weighted by atomic mass is 16.5. The molecule has 2 aromatic rings. The molecule has 2 aliphatic rings. The number of piperidine rings is 1. The minimum absolute atomic E-state index is 0.280. The molecule has 1 atom stereocenters. The molecular formula is C20H25N3O2. The summed E-state index contributed by atoms with van der Waals surface area (Å²) < 4.78 is 11.6. The minimum Gasteiger partial charge on any atom is -0.490 e. The Kier molecular flexibility index (Phi) is 4.83. The number of rotatable bonds is 4. The number of nitrogens with zero attached hydrogens (tertiary/aromatic N) is 3. The Balaban J connectivity index is 1.36. The van der Waals surface area contributed by atoms with Gasteiger partial charge < -0.3 is 14.4 Å². The van der Waals surface area contributed by atoms with Crippen LogP contribution < -0.4 is 9.64 Å². The topological polar surface area (TPSA) is 47.5 Å². The maximum absolute atomic E-state index is 6.15. The molecular weight excluding hydrogens is 314 g/mol. The van der Waals surface area contributed by atoms with Gasteiger partial charge in [-0.15, -0.1) is 0 Å². The largest absolute Gasteiger partial charge is 0.490 e. The number of aryl methyl sites for hydroxylation is 1. The van der Waals surface area contributed by atoms with E-state index in [-0.39, 0.29) is 6.10 Å². The molecule has 1 aromatic carbocycles. The van der Waals surface area contributed by atoms with Crippen LogP contribution in [0.5, 0.6) is 5.75 Å². The summed E-state index contributed by atoms with van der Waals surface area (Å²) in [4.78, 5) is 11.3. The van der Waals surface area contributed by atoms with E-state index in [1.165, 1.54) is 5.56 Å². The van der Waals surface area contributed by atoms with Gasteiger partial charge >= 0.3 is 0 Å². The Morgan fingerprint density at radius 2 is 2.00 bits per heavy atom. The molecule has 0 saturated carbocycles. The Labute approximate surface area is 149 Å². The van der Waals surface area contributed by atoms with Gasteiger partial charge in [0, 0.05) is 44.5 Å². The number of anilines is 1. The lowest BCUT2D eigenvalue weighted by atomic mass is 10.0. The van der Waals surface area contributed by atoms with Crippen LogP contribution in [0.3, 0.4) is 0 Å². The second kappa shape index (κ2) is 7.40. The summed E-state index contributed by atoms with van der Waals surface area (Å²) in [5.74, 6) is 2.43. The Morgan fingerprint density at radius 3 is 2.76 bits per heavy atom. The molecule has 0 bridgehead atoms. The first-order chi connectivity index (χ1) is 12.3. The van der Waals surface area contributed by atoms with Gasteiger partial charge in [0.25, 0.3) is 0 Å². The average Bonchev–Trinajstić information content (AvgIpc) is 3.17. The molecule has 5 heteroatoms. The molecule has 0 amide bonds. The van der Waals surface area contributed by atoms with E-state index in [1.807, 2.05) is 6.07 Å². The van der Waals surface area contributed by atoms with E-state index in [4.69, 9.17) is 9.47 Å². The van der Waals surface area contributed by atoms with Crippen molar-refractivity contribution in [1.29, 1.82) is 0 Å². The third-order valence-electron chi connectivity index (χ3n) is 5.08. The molecule has 0 spiro atoms. The molecule has 3 heterocycles. The lowest BCUT2D eigenvalue weighted by Gasteiger charge is -2.33. The Morgan fingerprint density at radius 1 is 1.12 bits per heavy atom. The summed E-state index contributed by atoms with van der Waals surface area (Å²) in [6.45, 7) is 5.65. The van der Waals surface area contributed by atoms with Crippen molar-refractivity contribution in [2.75, 3.05) is 31.2 Å². The highest BCUT2D eigenvalue weighted by molar-refractivity contribution is 5.40. The molecule has 2 aliphatic heterocycles. The van der Waals surface area contributed by atoms with Gasteiger partial charge in [0.1, 0.15) is 24.0 Å². The van der Waals surface area contributed by atoms with Crippen LogP contribution in [0.15, 0.2) is 36.7 Å². The minimum atomic E-state index is 0.280. The van der Waals surface area contributed by atoms with E-state index >= 15 is 0 Å². The summed E-state index contributed by atoms with van der Waals surface area (Å²) >= 11 is 0. The molecule has 25 heavy (non-hydrogen) atoms. The lowest BCUT2D eigenvalue weighted by Crippen LogP contribution is -2.38. The highest BCUT2D eigenvalue weighted by Crippen LogP contribution is 2.27. The van der Waals surface area contributed by atoms with E-state index in [0.717, 1.165) is 62.8 Å². The fraction of sp³-hybridized carbons (Fsp3) is 0.500. The fourth-order valence-electron chi connectivity index (χ4n) is 3.61. The van der Waals surface area contributed by atoms with Crippen LogP contribution in [0.4, 0.5) is 5.82 Å². The second-order valence-corrected chi connectivity index (χ2v) is 6.98.